The number of aliphatic carboxylic acids is 1. The van der Waals surface area contributed by atoms with E-state index in [-0.39, 0.29) is 24.4 Å². The van der Waals surface area contributed by atoms with Crippen LogP contribution in [0.4, 0.5) is 4.79 Å². The molecule has 2 rings (SSSR count). The average molecular weight is 361 g/mol. The van der Waals surface area contributed by atoms with Crippen LogP contribution < -0.4 is 5.32 Å². The minimum atomic E-state index is -0.916. The molecule has 1 saturated heterocycles. The topological polar surface area (TPSA) is 90.0 Å². The van der Waals surface area contributed by atoms with Gasteiger partial charge in [-0.2, -0.15) is 0 Å². The second kappa shape index (κ2) is 9.22. The van der Waals surface area contributed by atoms with Crippen molar-refractivity contribution in [2.75, 3.05) is 33.7 Å². The Morgan fingerprint density at radius 2 is 1.81 bits per heavy atom. The summed E-state index contributed by atoms with van der Waals surface area (Å²) in [5.41, 5.74) is 0.935. The summed E-state index contributed by atoms with van der Waals surface area (Å²) >= 11 is 0. The molecule has 0 spiro atoms. The zero-order valence-corrected chi connectivity index (χ0v) is 15.4. The van der Waals surface area contributed by atoms with Crippen molar-refractivity contribution >= 4 is 17.9 Å². The third-order valence-corrected chi connectivity index (χ3v) is 4.72. The van der Waals surface area contributed by atoms with Crippen LogP contribution in [0.3, 0.4) is 0 Å². The summed E-state index contributed by atoms with van der Waals surface area (Å²) in [5, 5.41) is 12.2. The van der Waals surface area contributed by atoms with Crippen molar-refractivity contribution in [2.24, 2.45) is 11.8 Å². The zero-order chi connectivity index (χ0) is 19.1. The van der Waals surface area contributed by atoms with Crippen molar-refractivity contribution in [3.05, 3.63) is 35.9 Å². The molecule has 1 aliphatic heterocycles. The third kappa shape index (κ3) is 5.47. The quantitative estimate of drug-likeness (QED) is 0.802. The van der Waals surface area contributed by atoms with Gasteiger partial charge in [0.05, 0.1) is 5.92 Å². The first kappa shape index (κ1) is 19.8. The van der Waals surface area contributed by atoms with E-state index in [4.69, 9.17) is 0 Å². The largest absolute Gasteiger partial charge is 0.481 e. The SMILES string of the molecule is CN(C)C(=O)N1CCC(C(=O)NCC(Cc2ccccc2)C(=O)O)CC1. The van der Waals surface area contributed by atoms with Crippen LogP contribution in [0.1, 0.15) is 18.4 Å². The van der Waals surface area contributed by atoms with Gasteiger partial charge in [-0.05, 0) is 24.8 Å². The number of carbonyl (C=O) groups is 3. The summed E-state index contributed by atoms with van der Waals surface area (Å²) in [7, 11) is 3.42. The number of nitrogens with zero attached hydrogens (tertiary/aromatic N) is 2. The number of hydrogen-bond acceptors (Lipinski definition) is 3. The zero-order valence-electron chi connectivity index (χ0n) is 15.4. The molecular weight excluding hydrogens is 334 g/mol. The maximum absolute atomic E-state index is 12.4. The Kier molecular flexibility index (Phi) is 7.00. The first-order valence-corrected chi connectivity index (χ1v) is 8.89. The van der Waals surface area contributed by atoms with Crippen LogP contribution in [0.5, 0.6) is 0 Å². The van der Waals surface area contributed by atoms with E-state index in [0.29, 0.717) is 32.4 Å². The fraction of sp³-hybridized carbons (Fsp3) is 0.526. The van der Waals surface area contributed by atoms with Crippen molar-refractivity contribution < 1.29 is 19.5 Å². The van der Waals surface area contributed by atoms with Gasteiger partial charge in [-0.3, -0.25) is 9.59 Å². The molecule has 26 heavy (non-hydrogen) atoms. The lowest BCUT2D eigenvalue weighted by molar-refractivity contribution is -0.141. The van der Waals surface area contributed by atoms with Crippen LogP contribution in [0.2, 0.25) is 0 Å². The predicted molar refractivity (Wildman–Crippen MR) is 97.7 cm³/mol. The molecule has 0 aliphatic carbocycles. The van der Waals surface area contributed by atoms with E-state index >= 15 is 0 Å². The molecule has 1 heterocycles. The molecule has 7 heteroatoms. The first-order valence-electron chi connectivity index (χ1n) is 8.89. The second-order valence-corrected chi connectivity index (χ2v) is 6.91. The molecule has 142 valence electrons. The number of urea groups is 1. The average Bonchev–Trinajstić information content (AvgIpc) is 2.64. The van der Waals surface area contributed by atoms with Gasteiger partial charge < -0.3 is 20.2 Å². The molecule has 1 atom stereocenters. The fourth-order valence-corrected chi connectivity index (χ4v) is 3.13. The summed E-state index contributed by atoms with van der Waals surface area (Å²) in [5.74, 6) is -1.87. The summed E-state index contributed by atoms with van der Waals surface area (Å²) in [6.45, 7) is 1.20. The molecular formula is C19H27N3O4. The van der Waals surface area contributed by atoms with Gasteiger partial charge in [-0.15, -0.1) is 0 Å². The fourth-order valence-electron chi connectivity index (χ4n) is 3.13. The van der Waals surface area contributed by atoms with Gasteiger partial charge >= 0.3 is 12.0 Å². The standard InChI is InChI=1S/C19H27N3O4/c1-21(2)19(26)22-10-8-15(9-11-22)17(23)20-13-16(18(24)25)12-14-6-4-3-5-7-14/h3-7,15-16H,8-13H2,1-2H3,(H,20,23)(H,24,25). The minimum absolute atomic E-state index is 0.0438. The number of rotatable bonds is 6. The molecule has 2 N–H and O–H groups in total. The molecule has 0 aromatic heterocycles. The van der Waals surface area contributed by atoms with Crippen LogP contribution in [0, 0.1) is 11.8 Å². The molecule has 1 fully saturated rings. The van der Waals surface area contributed by atoms with Gasteiger partial charge in [0.25, 0.3) is 0 Å². The van der Waals surface area contributed by atoms with Crippen LogP contribution in [-0.2, 0) is 16.0 Å². The summed E-state index contributed by atoms with van der Waals surface area (Å²) in [6, 6.07) is 9.35. The molecule has 1 aromatic carbocycles. The Morgan fingerprint density at radius 1 is 1.19 bits per heavy atom. The normalized spacial score (nSPS) is 16.0. The van der Waals surface area contributed by atoms with Crippen LogP contribution in [0.25, 0.3) is 0 Å². The van der Waals surface area contributed by atoms with Crippen molar-refractivity contribution in [2.45, 2.75) is 19.3 Å². The van der Waals surface area contributed by atoms with Crippen molar-refractivity contribution in [3.8, 4) is 0 Å². The number of likely N-dealkylation sites (tertiary alicyclic amines) is 1. The highest BCUT2D eigenvalue weighted by Crippen LogP contribution is 2.18. The van der Waals surface area contributed by atoms with Gasteiger partial charge in [0.2, 0.25) is 5.91 Å². The number of benzene rings is 1. The molecule has 0 bridgehead atoms. The van der Waals surface area contributed by atoms with E-state index in [1.165, 1.54) is 4.90 Å². The Bertz CT molecular complexity index is 625. The Balaban J connectivity index is 1.81. The number of hydrogen-bond donors (Lipinski definition) is 2. The molecule has 1 unspecified atom stereocenters. The summed E-state index contributed by atoms with van der Waals surface area (Å²) in [6.07, 6.45) is 1.58. The smallest absolute Gasteiger partial charge is 0.319 e. The van der Waals surface area contributed by atoms with E-state index in [1.54, 1.807) is 19.0 Å². The summed E-state index contributed by atoms with van der Waals surface area (Å²) < 4.78 is 0. The van der Waals surface area contributed by atoms with E-state index < -0.39 is 11.9 Å². The molecule has 1 aromatic rings. The highest BCUT2D eigenvalue weighted by molar-refractivity contribution is 5.80. The highest BCUT2D eigenvalue weighted by atomic mass is 16.4. The van der Waals surface area contributed by atoms with Gasteiger partial charge in [0.1, 0.15) is 0 Å². The number of carboxylic acids is 1. The second-order valence-electron chi connectivity index (χ2n) is 6.91. The van der Waals surface area contributed by atoms with E-state index in [9.17, 15) is 19.5 Å². The van der Waals surface area contributed by atoms with Crippen LogP contribution in [-0.4, -0.2) is 66.5 Å². The Morgan fingerprint density at radius 3 is 2.35 bits per heavy atom. The van der Waals surface area contributed by atoms with Crippen molar-refractivity contribution in [1.29, 1.82) is 0 Å². The number of carboxylic acid groups (broad SMARTS) is 1. The van der Waals surface area contributed by atoms with Crippen molar-refractivity contribution in [3.63, 3.8) is 0 Å². The number of piperidine rings is 1. The van der Waals surface area contributed by atoms with Crippen LogP contribution in [0.15, 0.2) is 30.3 Å². The minimum Gasteiger partial charge on any atom is -0.481 e. The Hall–Kier alpha value is -2.57. The Labute approximate surface area is 154 Å². The number of nitrogens with one attached hydrogen (secondary N) is 1. The molecule has 3 amide bonds. The highest BCUT2D eigenvalue weighted by Gasteiger charge is 2.28. The van der Waals surface area contributed by atoms with E-state index in [2.05, 4.69) is 5.32 Å². The first-order chi connectivity index (χ1) is 12.4. The third-order valence-electron chi connectivity index (χ3n) is 4.72. The maximum Gasteiger partial charge on any atom is 0.319 e. The maximum atomic E-state index is 12.4. The van der Waals surface area contributed by atoms with E-state index in [0.717, 1.165) is 5.56 Å². The lowest BCUT2D eigenvalue weighted by Crippen LogP contribution is -2.47. The van der Waals surface area contributed by atoms with Gasteiger partial charge in [0.15, 0.2) is 0 Å². The predicted octanol–water partition coefficient (Wildman–Crippen LogP) is 1.44. The lowest BCUT2D eigenvalue weighted by Gasteiger charge is -2.33. The van der Waals surface area contributed by atoms with Gasteiger partial charge in [-0.25, -0.2) is 4.79 Å². The van der Waals surface area contributed by atoms with E-state index in [1.807, 2.05) is 30.3 Å². The number of amides is 3. The number of carbonyl (C=O) groups excluding carboxylic acids is 2. The molecule has 7 nitrogen and oxygen atoms in total. The molecule has 0 radical (unpaired) electrons. The molecule has 1 aliphatic rings. The van der Waals surface area contributed by atoms with Crippen molar-refractivity contribution in [1.82, 2.24) is 15.1 Å². The van der Waals surface area contributed by atoms with Gasteiger partial charge in [0, 0.05) is 39.6 Å². The monoisotopic (exact) mass is 361 g/mol. The van der Waals surface area contributed by atoms with Gasteiger partial charge in [-0.1, -0.05) is 30.3 Å². The summed E-state index contributed by atoms with van der Waals surface area (Å²) in [4.78, 5) is 39.0. The lowest BCUT2D eigenvalue weighted by atomic mass is 9.95. The molecule has 0 saturated carbocycles. The van der Waals surface area contributed by atoms with Crippen LogP contribution >= 0.6 is 0 Å².